The van der Waals surface area contributed by atoms with Gasteiger partial charge in [0.1, 0.15) is 12.1 Å². The second-order valence-electron chi connectivity index (χ2n) is 6.05. The van der Waals surface area contributed by atoms with Gasteiger partial charge in [-0.2, -0.15) is 0 Å². The van der Waals surface area contributed by atoms with Crippen molar-refractivity contribution in [2.24, 2.45) is 5.73 Å². The van der Waals surface area contributed by atoms with Crippen molar-refractivity contribution < 1.29 is 8.81 Å². The third kappa shape index (κ3) is 3.36. The monoisotopic (exact) mass is 303 g/mol. The van der Waals surface area contributed by atoms with E-state index in [1.165, 1.54) is 25.0 Å². The van der Waals surface area contributed by atoms with Crippen LogP contribution in [0.4, 0.5) is 4.39 Å². The summed E-state index contributed by atoms with van der Waals surface area (Å²) >= 11 is 0. The van der Waals surface area contributed by atoms with Crippen LogP contribution >= 0.6 is 0 Å². The van der Waals surface area contributed by atoms with E-state index in [4.69, 9.17) is 10.2 Å². The van der Waals surface area contributed by atoms with Crippen LogP contribution in [0.5, 0.6) is 0 Å². The van der Waals surface area contributed by atoms with Gasteiger partial charge in [0.15, 0.2) is 0 Å². The Bertz CT molecular complexity index is 626. The molecule has 2 unspecified atom stereocenters. The fraction of sp³-hybridized carbons (Fsp3) is 0.471. The first-order valence-corrected chi connectivity index (χ1v) is 7.83. The maximum atomic E-state index is 13.3. The maximum absolute atomic E-state index is 13.3. The van der Waals surface area contributed by atoms with Gasteiger partial charge in [-0.15, -0.1) is 0 Å². The molecule has 2 N–H and O–H groups in total. The number of rotatable bonds is 4. The van der Waals surface area contributed by atoms with Gasteiger partial charge >= 0.3 is 0 Å². The van der Waals surface area contributed by atoms with Crippen molar-refractivity contribution in [3.05, 3.63) is 42.0 Å². The Morgan fingerprint density at radius 1 is 1.45 bits per heavy atom. The van der Waals surface area contributed by atoms with E-state index in [0.29, 0.717) is 17.5 Å². The standard InChI is InChI=1S/C17H22FN3O/c1-12(19)16-7-2-3-8-21(16)10-15-11-22-17(20-15)13-5-4-6-14(18)9-13/h4-6,9,11-12,16H,2-3,7-8,10,19H2,1H3. The Labute approximate surface area is 130 Å². The van der Waals surface area contributed by atoms with Crippen LogP contribution in [0, 0.1) is 5.82 Å². The summed E-state index contributed by atoms with van der Waals surface area (Å²) in [5.41, 5.74) is 7.63. The summed E-state index contributed by atoms with van der Waals surface area (Å²) in [6, 6.07) is 6.84. The van der Waals surface area contributed by atoms with Crippen LogP contribution in [-0.2, 0) is 6.54 Å². The number of likely N-dealkylation sites (tertiary alicyclic amines) is 1. The minimum absolute atomic E-state index is 0.148. The fourth-order valence-corrected chi connectivity index (χ4v) is 3.15. The Morgan fingerprint density at radius 3 is 3.09 bits per heavy atom. The molecule has 22 heavy (non-hydrogen) atoms. The molecular weight excluding hydrogens is 281 g/mol. The lowest BCUT2D eigenvalue weighted by Crippen LogP contribution is -2.48. The SMILES string of the molecule is CC(N)C1CCCCN1Cc1coc(-c2cccc(F)c2)n1. The number of oxazole rings is 1. The minimum Gasteiger partial charge on any atom is -0.444 e. The normalized spacial score (nSPS) is 21.0. The van der Waals surface area contributed by atoms with Gasteiger partial charge in [-0.25, -0.2) is 9.37 Å². The van der Waals surface area contributed by atoms with Crippen LogP contribution in [0.2, 0.25) is 0 Å². The molecule has 0 amide bonds. The molecule has 1 saturated heterocycles. The van der Waals surface area contributed by atoms with E-state index < -0.39 is 0 Å². The Hall–Kier alpha value is -1.72. The van der Waals surface area contributed by atoms with Crippen LogP contribution in [0.15, 0.2) is 34.9 Å². The summed E-state index contributed by atoms with van der Waals surface area (Å²) < 4.78 is 18.8. The molecule has 0 saturated carbocycles. The molecule has 0 aliphatic carbocycles. The fourth-order valence-electron chi connectivity index (χ4n) is 3.15. The molecule has 2 aromatic rings. The van der Waals surface area contributed by atoms with Gasteiger partial charge < -0.3 is 10.2 Å². The van der Waals surface area contributed by atoms with Gasteiger partial charge in [-0.05, 0) is 44.5 Å². The van der Waals surface area contributed by atoms with Crippen LogP contribution in [-0.4, -0.2) is 28.5 Å². The average molecular weight is 303 g/mol. The quantitative estimate of drug-likeness (QED) is 0.942. The van der Waals surface area contributed by atoms with Crippen molar-refractivity contribution in [3.8, 4) is 11.5 Å². The zero-order valence-corrected chi connectivity index (χ0v) is 12.8. The highest BCUT2D eigenvalue weighted by Gasteiger charge is 2.26. The number of aromatic nitrogens is 1. The van der Waals surface area contributed by atoms with Crippen LogP contribution < -0.4 is 5.73 Å². The van der Waals surface area contributed by atoms with E-state index in [9.17, 15) is 4.39 Å². The third-order valence-corrected chi connectivity index (χ3v) is 4.26. The lowest BCUT2D eigenvalue weighted by Gasteiger charge is -2.37. The third-order valence-electron chi connectivity index (χ3n) is 4.26. The predicted molar refractivity (Wildman–Crippen MR) is 83.6 cm³/mol. The first-order chi connectivity index (χ1) is 10.6. The van der Waals surface area contributed by atoms with Gasteiger partial charge in [0, 0.05) is 24.2 Å². The second-order valence-corrected chi connectivity index (χ2v) is 6.05. The van der Waals surface area contributed by atoms with Crippen LogP contribution in [0.3, 0.4) is 0 Å². The van der Waals surface area contributed by atoms with Crippen molar-refractivity contribution in [1.82, 2.24) is 9.88 Å². The molecule has 2 heterocycles. The average Bonchev–Trinajstić information content (AvgIpc) is 2.96. The van der Waals surface area contributed by atoms with E-state index in [2.05, 4.69) is 16.8 Å². The zero-order chi connectivity index (χ0) is 15.5. The second kappa shape index (κ2) is 6.58. The molecule has 1 aliphatic heterocycles. The largest absolute Gasteiger partial charge is 0.444 e. The van der Waals surface area contributed by atoms with Crippen molar-refractivity contribution in [1.29, 1.82) is 0 Å². The Balaban J connectivity index is 1.73. The molecule has 3 rings (SSSR count). The van der Waals surface area contributed by atoms with Crippen LogP contribution in [0.25, 0.3) is 11.5 Å². The zero-order valence-electron chi connectivity index (χ0n) is 12.8. The van der Waals surface area contributed by atoms with E-state index in [0.717, 1.165) is 25.2 Å². The highest BCUT2D eigenvalue weighted by Crippen LogP contribution is 2.23. The number of hydrogen-bond donors (Lipinski definition) is 1. The number of benzene rings is 1. The summed E-state index contributed by atoms with van der Waals surface area (Å²) in [6.07, 6.45) is 5.22. The highest BCUT2D eigenvalue weighted by atomic mass is 19.1. The summed E-state index contributed by atoms with van der Waals surface area (Å²) in [6.45, 7) is 3.82. The molecule has 0 bridgehead atoms. The van der Waals surface area contributed by atoms with Gasteiger partial charge in [0.05, 0.1) is 5.69 Å². The van der Waals surface area contributed by atoms with E-state index in [1.807, 2.05) is 0 Å². The molecule has 4 nitrogen and oxygen atoms in total. The molecule has 0 spiro atoms. The van der Waals surface area contributed by atoms with E-state index >= 15 is 0 Å². The van der Waals surface area contributed by atoms with Crippen molar-refractivity contribution in [3.63, 3.8) is 0 Å². The molecule has 1 aliphatic rings. The number of halogens is 1. The molecule has 1 aromatic heterocycles. The lowest BCUT2D eigenvalue weighted by atomic mass is 9.97. The lowest BCUT2D eigenvalue weighted by molar-refractivity contribution is 0.121. The smallest absolute Gasteiger partial charge is 0.226 e. The number of nitrogens with zero attached hydrogens (tertiary/aromatic N) is 2. The molecular formula is C17H22FN3O. The van der Waals surface area contributed by atoms with Gasteiger partial charge in [-0.3, -0.25) is 4.90 Å². The summed E-state index contributed by atoms with van der Waals surface area (Å²) in [5.74, 6) is 0.175. The topological polar surface area (TPSA) is 55.3 Å². The molecule has 118 valence electrons. The maximum Gasteiger partial charge on any atom is 0.226 e. The van der Waals surface area contributed by atoms with E-state index in [1.54, 1.807) is 18.4 Å². The summed E-state index contributed by atoms with van der Waals surface area (Å²) in [7, 11) is 0. The Kier molecular flexibility index (Phi) is 4.55. The molecule has 5 heteroatoms. The first kappa shape index (κ1) is 15.2. The Morgan fingerprint density at radius 2 is 2.32 bits per heavy atom. The molecule has 1 aromatic carbocycles. The first-order valence-electron chi connectivity index (χ1n) is 7.83. The van der Waals surface area contributed by atoms with Gasteiger partial charge in [0.25, 0.3) is 0 Å². The van der Waals surface area contributed by atoms with Gasteiger partial charge in [-0.1, -0.05) is 12.5 Å². The summed E-state index contributed by atoms with van der Waals surface area (Å²) in [4.78, 5) is 6.87. The summed E-state index contributed by atoms with van der Waals surface area (Å²) in [5, 5.41) is 0. The molecule has 2 atom stereocenters. The van der Waals surface area contributed by atoms with Crippen molar-refractivity contribution in [2.45, 2.75) is 44.8 Å². The van der Waals surface area contributed by atoms with Crippen molar-refractivity contribution >= 4 is 0 Å². The predicted octanol–water partition coefficient (Wildman–Crippen LogP) is 3.18. The number of hydrogen-bond acceptors (Lipinski definition) is 4. The van der Waals surface area contributed by atoms with Gasteiger partial charge in [0.2, 0.25) is 5.89 Å². The van der Waals surface area contributed by atoms with Crippen molar-refractivity contribution in [2.75, 3.05) is 6.54 Å². The molecule has 0 radical (unpaired) electrons. The van der Waals surface area contributed by atoms with Crippen LogP contribution in [0.1, 0.15) is 31.9 Å². The number of nitrogens with two attached hydrogens (primary N) is 1. The van der Waals surface area contributed by atoms with E-state index in [-0.39, 0.29) is 11.9 Å². The number of piperidine rings is 1. The minimum atomic E-state index is -0.287. The molecule has 1 fully saturated rings. The highest BCUT2D eigenvalue weighted by molar-refractivity contribution is 5.52.